The second kappa shape index (κ2) is 11.7. The van der Waals surface area contributed by atoms with Gasteiger partial charge >= 0.3 is 0 Å². The molecule has 8 rings (SSSR count). The van der Waals surface area contributed by atoms with Gasteiger partial charge in [-0.05, 0) is 90.0 Å². The van der Waals surface area contributed by atoms with Crippen LogP contribution in [0, 0.1) is 13.8 Å². The molecule has 0 bridgehead atoms. The molecule has 4 nitrogen and oxygen atoms in total. The molecule has 0 radical (unpaired) electrons. The van der Waals surface area contributed by atoms with Crippen molar-refractivity contribution in [1.82, 2.24) is 19.3 Å². The normalized spacial score (nSPS) is 12.2. The third-order valence-electron chi connectivity index (χ3n) is 9.87. The molecule has 5 aromatic carbocycles. The van der Waals surface area contributed by atoms with E-state index in [1.165, 1.54) is 27.5 Å². The van der Waals surface area contributed by atoms with Crippen LogP contribution in [0.4, 0.5) is 0 Å². The van der Waals surface area contributed by atoms with E-state index in [9.17, 15) is 0 Å². The van der Waals surface area contributed by atoms with Crippen molar-refractivity contribution >= 4 is 21.8 Å². The zero-order valence-electron chi connectivity index (χ0n) is 28.7. The number of nitrogens with zero attached hydrogens (tertiary/aromatic N) is 4. The molecule has 0 N–H and O–H groups in total. The lowest BCUT2D eigenvalue weighted by molar-refractivity contribution is 0.584. The van der Waals surface area contributed by atoms with Gasteiger partial charge in [0.2, 0.25) is 0 Å². The van der Waals surface area contributed by atoms with Gasteiger partial charge in [-0.25, -0.2) is 4.68 Å². The van der Waals surface area contributed by atoms with Gasteiger partial charge in [0, 0.05) is 28.4 Å². The Balaban J connectivity index is 1.44. The van der Waals surface area contributed by atoms with Gasteiger partial charge in [0.1, 0.15) is 0 Å². The molecule has 8 aromatic rings. The molecular formula is C45H40N4. The molecule has 0 atom stereocenters. The Bertz CT molecular complexity index is 2400. The van der Waals surface area contributed by atoms with E-state index in [0.717, 1.165) is 45.1 Å². The molecule has 0 saturated carbocycles. The summed E-state index contributed by atoms with van der Waals surface area (Å²) >= 11 is 0. The Kier molecular flexibility index (Phi) is 7.33. The number of hydrogen-bond donors (Lipinski definition) is 0. The largest absolute Gasteiger partial charge is 0.309 e. The number of rotatable bonds is 6. The lowest BCUT2D eigenvalue weighted by Gasteiger charge is -2.36. The molecule has 0 spiro atoms. The van der Waals surface area contributed by atoms with Crippen LogP contribution in [-0.2, 0) is 10.8 Å². The molecular weight excluding hydrogens is 597 g/mol. The summed E-state index contributed by atoms with van der Waals surface area (Å²) in [5, 5.41) is 7.25. The fourth-order valence-corrected chi connectivity index (χ4v) is 7.56. The Morgan fingerprint density at radius 1 is 0.510 bits per heavy atom. The second-order valence-electron chi connectivity index (χ2n) is 14.1. The van der Waals surface area contributed by atoms with Gasteiger partial charge in [-0.2, -0.15) is 5.10 Å². The quantitative estimate of drug-likeness (QED) is 0.170. The van der Waals surface area contributed by atoms with Gasteiger partial charge in [0.15, 0.2) is 0 Å². The van der Waals surface area contributed by atoms with Crippen molar-refractivity contribution in [1.29, 1.82) is 0 Å². The van der Waals surface area contributed by atoms with Crippen molar-refractivity contribution in [2.45, 2.75) is 45.4 Å². The maximum absolute atomic E-state index is 5.19. The zero-order valence-corrected chi connectivity index (χ0v) is 28.7. The second-order valence-corrected chi connectivity index (χ2v) is 14.1. The molecule has 3 aromatic heterocycles. The summed E-state index contributed by atoms with van der Waals surface area (Å²) in [6.45, 7) is 11.0. The summed E-state index contributed by atoms with van der Waals surface area (Å²) in [5.41, 5.74) is 11.6. The first kappa shape index (κ1) is 30.6. The molecule has 3 heterocycles. The number of para-hydroxylation sites is 1. The van der Waals surface area contributed by atoms with Crippen molar-refractivity contribution in [3.63, 3.8) is 0 Å². The minimum absolute atomic E-state index is 0.0369. The van der Waals surface area contributed by atoms with Gasteiger partial charge in [0.05, 0.1) is 33.5 Å². The fraction of sp³-hybridized carbons (Fsp3) is 0.156. The minimum atomic E-state index is -0.673. The number of benzene rings is 5. The minimum Gasteiger partial charge on any atom is -0.309 e. The highest BCUT2D eigenvalue weighted by Gasteiger charge is 2.40. The molecule has 0 unspecified atom stereocenters. The molecule has 0 aliphatic heterocycles. The van der Waals surface area contributed by atoms with E-state index in [-0.39, 0.29) is 5.41 Å². The molecule has 4 heteroatoms. The monoisotopic (exact) mass is 636 g/mol. The first-order valence-corrected chi connectivity index (χ1v) is 17.0. The SMILES string of the molecule is Cc1cc(C)n(-c2ccc3c4ccccc4n(-c4cccc(C(c5ccccc5)(c5ccccc5)c5cc(C(C)(C)C)ccn5)c4)c3c2)n1. The van der Waals surface area contributed by atoms with Crippen LogP contribution in [0.3, 0.4) is 0 Å². The highest BCUT2D eigenvalue weighted by molar-refractivity contribution is 6.09. The Labute approximate surface area is 288 Å². The van der Waals surface area contributed by atoms with Crippen molar-refractivity contribution in [2.24, 2.45) is 0 Å². The van der Waals surface area contributed by atoms with Crippen LogP contribution in [-0.4, -0.2) is 19.3 Å². The zero-order chi connectivity index (χ0) is 33.8. The molecule has 0 saturated heterocycles. The molecule has 0 fully saturated rings. The summed E-state index contributed by atoms with van der Waals surface area (Å²) < 4.78 is 4.44. The molecule has 0 amide bonds. The lowest BCUT2D eigenvalue weighted by Crippen LogP contribution is -2.32. The van der Waals surface area contributed by atoms with E-state index in [1.54, 1.807) is 0 Å². The van der Waals surface area contributed by atoms with E-state index in [1.807, 2.05) is 17.8 Å². The van der Waals surface area contributed by atoms with E-state index in [2.05, 4.69) is 178 Å². The highest BCUT2D eigenvalue weighted by Crippen LogP contribution is 2.46. The molecule has 49 heavy (non-hydrogen) atoms. The standard InChI is InChI=1S/C45H40N4/c1-31-27-32(2)49(47-31)38-23-24-40-39-21-12-13-22-41(39)48(42(40)30-38)37-20-14-19-36(28-37)45(33-15-8-6-9-16-33,34-17-10-7-11-18-34)43-29-35(25-26-46-43)44(3,4)5/h6-30H,1-5H3. The average Bonchev–Trinajstić information content (AvgIpc) is 3.64. The van der Waals surface area contributed by atoms with E-state index in [4.69, 9.17) is 10.1 Å². The number of aryl methyl sites for hydroxylation is 2. The number of pyridine rings is 1. The number of aromatic nitrogens is 4. The van der Waals surface area contributed by atoms with Crippen LogP contribution in [0.1, 0.15) is 60.1 Å². The first-order valence-electron chi connectivity index (χ1n) is 17.0. The summed E-state index contributed by atoms with van der Waals surface area (Å²) in [6, 6.07) is 52.7. The third-order valence-corrected chi connectivity index (χ3v) is 9.87. The molecule has 0 aliphatic carbocycles. The van der Waals surface area contributed by atoms with Gasteiger partial charge in [-0.1, -0.05) is 118 Å². The number of fused-ring (bicyclic) bond motifs is 3. The summed E-state index contributed by atoms with van der Waals surface area (Å²) in [7, 11) is 0. The van der Waals surface area contributed by atoms with Gasteiger partial charge < -0.3 is 4.57 Å². The van der Waals surface area contributed by atoms with Crippen LogP contribution in [0.15, 0.2) is 152 Å². The van der Waals surface area contributed by atoms with Crippen molar-refractivity contribution in [3.05, 3.63) is 191 Å². The Morgan fingerprint density at radius 2 is 1.16 bits per heavy atom. The van der Waals surface area contributed by atoms with Gasteiger partial charge in [-0.15, -0.1) is 0 Å². The van der Waals surface area contributed by atoms with Crippen molar-refractivity contribution in [2.75, 3.05) is 0 Å². The van der Waals surface area contributed by atoms with Crippen molar-refractivity contribution in [3.8, 4) is 11.4 Å². The molecule has 240 valence electrons. The van der Waals surface area contributed by atoms with Crippen LogP contribution >= 0.6 is 0 Å². The summed E-state index contributed by atoms with van der Waals surface area (Å²) in [5.74, 6) is 0. The highest BCUT2D eigenvalue weighted by atomic mass is 15.3. The summed E-state index contributed by atoms with van der Waals surface area (Å²) in [4.78, 5) is 5.19. The number of hydrogen-bond acceptors (Lipinski definition) is 2. The maximum atomic E-state index is 5.19. The Morgan fingerprint density at radius 3 is 1.84 bits per heavy atom. The average molecular weight is 637 g/mol. The third kappa shape index (κ3) is 5.07. The van der Waals surface area contributed by atoms with Gasteiger partial charge in [0.25, 0.3) is 0 Å². The van der Waals surface area contributed by atoms with E-state index >= 15 is 0 Å². The molecule has 0 aliphatic rings. The van der Waals surface area contributed by atoms with E-state index in [0.29, 0.717) is 0 Å². The van der Waals surface area contributed by atoms with Crippen LogP contribution in [0.25, 0.3) is 33.2 Å². The maximum Gasteiger partial charge on any atom is 0.0874 e. The van der Waals surface area contributed by atoms with Crippen LogP contribution in [0.5, 0.6) is 0 Å². The summed E-state index contributed by atoms with van der Waals surface area (Å²) in [6.07, 6.45) is 1.98. The topological polar surface area (TPSA) is 35.6 Å². The van der Waals surface area contributed by atoms with Gasteiger partial charge in [-0.3, -0.25) is 4.98 Å². The smallest absolute Gasteiger partial charge is 0.0874 e. The predicted octanol–water partition coefficient (Wildman–Crippen LogP) is 10.7. The van der Waals surface area contributed by atoms with E-state index < -0.39 is 5.41 Å². The first-order chi connectivity index (χ1) is 23.7. The lowest BCUT2D eigenvalue weighted by atomic mass is 9.66. The van der Waals surface area contributed by atoms with Crippen LogP contribution < -0.4 is 0 Å². The Hall–Kier alpha value is -5.74. The van der Waals surface area contributed by atoms with Crippen LogP contribution in [0.2, 0.25) is 0 Å². The predicted molar refractivity (Wildman–Crippen MR) is 202 cm³/mol. The van der Waals surface area contributed by atoms with Crippen molar-refractivity contribution < 1.29 is 0 Å². The fourth-order valence-electron chi connectivity index (χ4n) is 7.56.